The Morgan fingerprint density at radius 2 is 2.14 bits per heavy atom. The van der Waals surface area contributed by atoms with E-state index in [9.17, 15) is 4.79 Å². The molecule has 3 heteroatoms. The minimum Gasteiger partial charge on any atom is -0.468 e. The van der Waals surface area contributed by atoms with E-state index in [1.54, 1.807) is 0 Å². The lowest BCUT2D eigenvalue weighted by Gasteiger charge is -2.28. The highest BCUT2D eigenvalue weighted by molar-refractivity contribution is 5.75. The van der Waals surface area contributed by atoms with Gasteiger partial charge in [-0.3, -0.25) is 4.79 Å². The second-order valence-electron chi connectivity index (χ2n) is 4.60. The fourth-order valence-electron chi connectivity index (χ4n) is 2.36. The van der Waals surface area contributed by atoms with Crippen molar-refractivity contribution in [3.63, 3.8) is 0 Å². The fourth-order valence-corrected chi connectivity index (χ4v) is 2.36. The van der Waals surface area contributed by atoms with Crippen molar-refractivity contribution in [3.8, 4) is 0 Å². The van der Waals surface area contributed by atoms with Gasteiger partial charge >= 0.3 is 5.97 Å². The first-order valence-electron chi connectivity index (χ1n) is 5.61. The Balaban J connectivity index is 1.79. The zero-order valence-electron chi connectivity index (χ0n) is 8.79. The first-order valence-corrected chi connectivity index (χ1v) is 5.61. The Morgan fingerprint density at radius 3 is 2.79 bits per heavy atom. The van der Waals surface area contributed by atoms with Gasteiger partial charge in [-0.1, -0.05) is 12.8 Å². The Labute approximate surface area is 85.2 Å². The molecule has 0 bridgehead atoms. The summed E-state index contributed by atoms with van der Waals surface area (Å²) in [6.07, 6.45) is 6.35. The van der Waals surface area contributed by atoms with E-state index in [0.29, 0.717) is 0 Å². The summed E-state index contributed by atoms with van der Waals surface area (Å²) in [5.41, 5.74) is 0. The van der Waals surface area contributed by atoms with Crippen LogP contribution in [-0.2, 0) is 9.53 Å². The average Bonchev–Trinajstić information content (AvgIpc) is 3.01. The van der Waals surface area contributed by atoms with Gasteiger partial charge in [0.05, 0.1) is 7.11 Å². The van der Waals surface area contributed by atoms with Gasteiger partial charge in [0.2, 0.25) is 0 Å². The SMILES string of the molecule is COC(=O)[C@@H]1C[C@@H](CC2CC2)CCN1. The molecule has 1 aliphatic carbocycles. The van der Waals surface area contributed by atoms with E-state index in [1.807, 2.05) is 0 Å². The standard InChI is InChI=1S/C11H19NO2/c1-14-11(13)10-7-9(4-5-12-10)6-8-2-3-8/h8-10,12H,2-7H2,1H3/t9-,10+/m1/s1. The van der Waals surface area contributed by atoms with Crippen molar-refractivity contribution < 1.29 is 9.53 Å². The van der Waals surface area contributed by atoms with Crippen LogP contribution in [0.15, 0.2) is 0 Å². The molecular formula is C11H19NO2. The highest BCUT2D eigenvalue weighted by atomic mass is 16.5. The third-order valence-electron chi connectivity index (χ3n) is 3.36. The van der Waals surface area contributed by atoms with Crippen molar-refractivity contribution in [2.75, 3.05) is 13.7 Å². The second-order valence-corrected chi connectivity index (χ2v) is 4.60. The van der Waals surface area contributed by atoms with Gasteiger partial charge in [-0.25, -0.2) is 0 Å². The summed E-state index contributed by atoms with van der Waals surface area (Å²) in [6, 6.07) is -0.0440. The van der Waals surface area contributed by atoms with Crippen LogP contribution in [0.25, 0.3) is 0 Å². The molecule has 1 saturated carbocycles. The molecule has 0 amide bonds. The molecule has 2 atom stereocenters. The molecule has 80 valence electrons. The van der Waals surface area contributed by atoms with Crippen LogP contribution in [0.3, 0.4) is 0 Å². The van der Waals surface area contributed by atoms with Gasteiger partial charge in [0, 0.05) is 0 Å². The quantitative estimate of drug-likeness (QED) is 0.694. The smallest absolute Gasteiger partial charge is 0.322 e. The van der Waals surface area contributed by atoms with Gasteiger partial charge in [-0.15, -0.1) is 0 Å². The van der Waals surface area contributed by atoms with Gasteiger partial charge in [-0.05, 0) is 37.6 Å². The zero-order chi connectivity index (χ0) is 9.97. The van der Waals surface area contributed by atoms with Crippen LogP contribution in [0.4, 0.5) is 0 Å². The van der Waals surface area contributed by atoms with Crippen LogP contribution >= 0.6 is 0 Å². The third-order valence-corrected chi connectivity index (χ3v) is 3.36. The van der Waals surface area contributed by atoms with Gasteiger partial charge in [0.15, 0.2) is 0 Å². The van der Waals surface area contributed by atoms with E-state index in [1.165, 1.54) is 32.8 Å². The topological polar surface area (TPSA) is 38.3 Å². The summed E-state index contributed by atoms with van der Waals surface area (Å²) in [7, 11) is 1.47. The van der Waals surface area contributed by atoms with E-state index in [4.69, 9.17) is 4.74 Å². The number of carbonyl (C=O) groups excluding carboxylic acids is 1. The first kappa shape index (κ1) is 9.97. The van der Waals surface area contributed by atoms with Crippen molar-refractivity contribution in [1.29, 1.82) is 0 Å². The summed E-state index contributed by atoms with van der Waals surface area (Å²) >= 11 is 0. The van der Waals surface area contributed by atoms with E-state index in [-0.39, 0.29) is 12.0 Å². The summed E-state index contributed by atoms with van der Waals surface area (Å²) in [4.78, 5) is 11.3. The zero-order valence-corrected chi connectivity index (χ0v) is 8.79. The number of nitrogens with one attached hydrogen (secondary N) is 1. The summed E-state index contributed by atoms with van der Waals surface area (Å²) < 4.78 is 4.76. The molecule has 1 N–H and O–H groups in total. The van der Waals surface area contributed by atoms with Gasteiger partial charge in [0.1, 0.15) is 6.04 Å². The van der Waals surface area contributed by atoms with Crippen LogP contribution in [0.5, 0.6) is 0 Å². The Bertz CT molecular complexity index is 213. The monoisotopic (exact) mass is 197 g/mol. The predicted octanol–water partition coefficient (Wildman–Crippen LogP) is 1.33. The number of piperidine rings is 1. The molecule has 0 aromatic heterocycles. The molecule has 14 heavy (non-hydrogen) atoms. The number of ether oxygens (including phenoxy) is 1. The van der Waals surface area contributed by atoms with E-state index < -0.39 is 0 Å². The summed E-state index contributed by atoms with van der Waals surface area (Å²) in [6.45, 7) is 0.969. The molecule has 0 unspecified atom stereocenters. The number of hydrogen-bond donors (Lipinski definition) is 1. The molecule has 1 aliphatic heterocycles. The lowest BCUT2D eigenvalue weighted by atomic mass is 9.88. The highest BCUT2D eigenvalue weighted by Gasteiger charge is 2.31. The van der Waals surface area contributed by atoms with Crippen LogP contribution in [0, 0.1) is 11.8 Å². The number of carbonyl (C=O) groups is 1. The number of rotatable bonds is 3. The third kappa shape index (κ3) is 2.47. The van der Waals surface area contributed by atoms with Crippen LogP contribution < -0.4 is 5.32 Å². The maximum absolute atomic E-state index is 11.3. The van der Waals surface area contributed by atoms with Gasteiger partial charge < -0.3 is 10.1 Å². The normalized spacial score (nSPS) is 32.6. The van der Waals surface area contributed by atoms with E-state index in [2.05, 4.69) is 5.32 Å². The number of esters is 1. The lowest BCUT2D eigenvalue weighted by Crippen LogP contribution is -2.44. The number of methoxy groups -OCH3 is 1. The van der Waals surface area contributed by atoms with E-state index >= 15 is 0 Å². The molecule has 1 saturated heterocycles. The highest BCUT2D eigenvalue weighted by Crippen LogP contribution is 2.38. The van der Waals surface area contributed by atoms with Crippen LogP contribution in [-0.4, -0.2) is 25.7 Å². The lowest BCUT2D eigenvalue weighted by molar-refractivity contribution is -0.144. The van der Waals surface area contributed by atoms with Crippen LogP contribution in [0.1, 0.15) is 32.1 Å². The van der Waals surface area contributed by atoms with Gasteiger partial charge in [0.25, 0.3) is 0 Å². The second kappa shape index (κ2) is 4.30. The minimum absolute atomic E-state index is 0.0440. The molecule has 2 rings (SSSR count). The molecule has 2 aliphatic rings. The Morgan fingerprint density at radius 1 is 1.36 bits per heavy atom. The maximum atomic E-state index is 11.3. The average molecular weight is 197 g/mol. The summed E-state index contributed by atoms with van der Waals surface area (Å²) in [5, 5.41) is 3.22. The minimum atomic E-state index is -0.0921. The predicted molar refractivity (Wildman–Crippen MR) is 53.9 cm³/mol. The molecule has 0 aromatic carbocycles. The fraction of sp³-hybridized carbons (Fsp3) is 0.909. The summed E-state index contributed by atoms with van der Waals surface area (Å²) in [5.74, 6) is 1.62. The molecule has 0 aromatic rings. The number of hydrogen-bond acceptors (Lipinski definition) is 3. The van der Waals surface area contributed by atoms with Crippen molar-refractivity contribution in [3.05, 3.63) is 0 Å². The Hall–Kier alpha value is -0.570. The molecule has 0 radical (unpaired) electrons. The maximum Gasteiger partial charge on any atom is 0.322 e. The van der Waals surface area contributed by atoms with Crippen molar-refractivity contribution in [2.45, 2.75) is 38.1 Å². The van der Waals surface area contributed by atoms with Crippen molar-refractivity contribution in [1.82, 2.24) is 5.32 Å². The van der Waals surface area contributed by atoms with Crippen molar-refractivity contribution >= 4 is 5.97 Å². The molecule has 2 fully saturated rings. The molecule has 0 spiro atoms. The van der Waals surface area contributed by atoms with E-state index in [0.717, 1.165) is 24.8 Å². The molecular weight excluding hydrogens is 178 g/mol. The van der Waals surface area contributed by atoms with Crippen molar-refractivity contribution in [2.24, 2.45) is 11.8 Å². The molecule has 3 nitrogen and oxygen atoms in total. The Kier molecular flexibility index (Phi) is 3.06. The largest absolute Gasteiger partial charge is 0.468 e. The molecule has 1 heterocycles. The van der Waals surface area contributed by atoms with Gasteiger partial charge in [-0.2, -0.15) is 0 Å². The van der Waals surface area contributed by atoms with Crippen LogP contribution in [0.2, 0.25) is 0 Å². The first-order chi connectivity index (χ1) is 6.79.